The molecule has 2 aromatic carbocycles. The second-order valence-corrected chi connectivity index (χ2v) is 10.2. The number of nitrogens with zero attached hydrogens (tertiary/aromatic N) is 1. The quantitative estimate of drug-likeness (QED) is 0.319. The molecule has 192 valence electrons. The molecule has 9 heteroatoms. The third-order valence-electron chi connectivity index (χ3n) is 6.47. The minimum Gasteiger partial charge on any atom is -0.593 e. The van der Waals surface area contributed by atoms with Crippen molar-refractivity contribution < 1.29 is 23.2 Å². The predicted molar refractivity (Wildman–Crippen MR) is 134 cm³/mol. The number of hydrogen-bond acceptors (Lipinski definition) is 7. The lowest BCUT2D eigenvalue weighted by atomic mass is 10.0. The van der Waals surface area contributed by atoms with E-state index in [9.17, 15) is 8.94 Å². The molecule has 3 N–H and O–H groups in total. The summed E-state index contributed by atoms with van der Waals surface area (Å²) in [6.45, 7) is 5.00. The van der Waals surface area contributed by atoms with Gasteiger partial charge in [-0.15, -0.1) is 4.72 Å². The third kappa shape index (κ3) is 7.39. The van der Waals surface area contributed by atoms with E-state index < -0.39 is 11.4 Å². The average molecular weight is 506 g/mol. The van der Waals surface area contributed by atoms with E-state index in [2.05, 4.69) is 9.62 Å². The van der Waals surface area contributed by atoms with Gasteiger partial charge in [0.2, 0.25) is 0 Å². The van der Waals surface area contributed by atoms with Crippen molar-refractivity contribution in [3.8, 4) is 5.75 Å². The van der Waals surface area contributed by atoms with E-state index in [-0.39, 0.29) is 18.0 Å². The van der Waals surface area contributed by atoms with Crippen LogP contribution in [-0.2, 0) is 27.3 Å². The normalized spacial score (nSPS) is 21.1. The highest BCUT2D eigenvalue weighted by Crippen LogP contribution is 2.39. The topological polar surface area (TPSA) is 92.0 Å². The minimum atomic E-state index is -1.35. The smallest absolute Gasteiger partial charge is 0.174 e. The Morgan fingerprint density at radius 3 is 2.49 bits per heavy atom. The number of hydrogen-bond donors (Lipinski definition) is 2. The number of nitrogens with two attached hydrogens (primary N) is 1. The van der Waals surface area contributed by atoms with Crippen LogP contribution in [0.2, 0.25) is 0 Å². The fourth-order valence-corrected chi connectivity index (χ4v) is 5.57. The molecule has 1 saturated heterocycles. The van der Waals surface area contributed by atoms with Crippen molar-refractivity contribution in [3.63, 3.8) is 0 Å². The molecule has 4 rings (SSSR count). The van der Waals surface area contributed by atoms with Crippen LogP contribution in [0.5, 0.6) is 5.75 Å². The fourth-order valence-electron chi connectivity index (χ4n) is 4.75. The highest BCUT2D eigenvalue weighted by Gasteiger charge is 2.38. The third-order valence-corrected chi connectivity index (χ3v) is 7.63. The van der Waals surface area contributed by atoms with Gasteiger partial charge in [-0.3, -0.25) is 4.90 Å². The summed E-state index contributed by atoms with van der Waals surface area (Å²) in [6, 6.07) is 12.5. The zero-order valence-corrected chi connectivity index (χ0v) is 20.9. The summed E-state index contributed by atoms with van der Waals surface area (Å²) in [4.78, 5) is 3.15. The van der Waals surface area contributed by atoms with Gasteiger partial charge in [0.15, 0.2) is 4.90 Å². The molecule has 1 aliphatic heterocycles. The Bertz CT molecular complexity index is 914. The molecule has 0 bridgehead atoms. The number of benzene rings is 2. The maximum absolute atomic E-state index is 14.1. The van der Waals surface area contributed by atoms with Crippen LogP contribution in [0.1, 0.15) is 36.5 Å². The maximum atomic E-state index is 14.1. The monoisotopic (exact) mass is 505 g/mol. The van der Waals surface area contributed by atoms with Crippen molar-refractivity contribution in [2.45, 2.75) is 42.7 Å². The van der Waals surface area contributed by atoms with Gasteiger partial charge in [0.25, 0.3) is 0 Å². The van der Waals surface area contributed by atoms with Gasteiger partial charge in [-0.1, -0.05) is 12.5 Å². The summed E-state index contributed by atoms with van der Waals surface area (Å²) in [6.07, 6.45) is 4.29. The predicted octanol–water partition coefficient (Wildman–Crippen LogP) is 2.96. The molecule has 0 aromatic heterocycles. The van der Waals surface area contributed by atoms with Crippen LogP contribution in [0.3, 0.4) is 0 Å². The molecule has 1 aliphatic carbocycles. The number of rotatable bonds is 13. The van der Waals surface area contributed by atoms with Gasteiger partial charge in [0.05, 0.1) is 50.4 Å². The lowest BCUT2D eigenvalue weighted by Crippen LogP contribution is -2.43. The van der Waals surface area contributed by atoms with Crippen LogP contribution in [0.4, 0.5) is 4.39 Å². The molecule has 35 heavy (non-hydrogen) atoms. The molecule has 0 saturated carbocycles. The molecule has 0 amide bonds. The fraction of sp³-hybridized carbons (Fsp3) is 0.538. The van der Waals surface area contributed by atoms with E-state index in [0.717, 1.165) is 30.6 Å². The first-order chi connectivity index (χ1) is 17.2. The molecule has 2 aliphatic rings. The molecular formula is C26H36FN3O4S. The Kier molecular flexibility index (Phi) is 10.2. The standard InChI is InChI=1S/C26H36FN3O4S/c27-21-5-4-20-18-25(30-12-2-1-3-13-30)26(24(20)19-21)34-22-6-8-23(9-7-22)35(31)29-11-15-33-17-16-32-14-10-28/h4-9,19,25-26,29H,1-3,10-18,28H2/t25-,26-,35?/m0/s1. The largest absolute Gasteiger partial charge is 0.593 e. The molecule has 1 fully saturated rings. The van der Waals surface area contributed by atoms with Gasteiger partial charge in [0, 0.05) is 12.1 Å². The molecule has 1 heterocycles. The highest BCUT2D eigenvalue weighted by atomic mass is 32.2. The van der Waals surface area contributed by atoms with Crippen molar-refractivity contribution in [1.82, 2.24) is 9.62 Å². The van der Waals surface area contributed by atoms with E-state index in [1.54, 1.807) is 18.2 Å². The Labute approximate surface area is 210 Å². The van der Waals surface area contributed by atoms with Crippen molar-refractivity contribution in [3.05, 3.63) is 59.4 Å². The summed E-state index contributed by atoms with van der Waals surface area (Å²) in [5, 5.41) is 0. The second kappa shape index (κ2) is 13.5. The second-order valence-electron chi connectivity index (χ2n) is 8.90. The zero-order valence-electron chi connectivity index (χ0n) is 20.1. The highest BCUT2D eigenvalue weighted by molar-refractivity contribution is 7.89. The van der Waals surface area contributed by atoms with Gasteiger partial charge in [0.1, 0.15) is 17.7 Å². The average Bonchev–Trinajstić information content (AvgIpc) is 3.24. The number of ether oxygens (including phenoxy) is 3. The first-order valence-corrected chi connectivity index (χ1v) is 13.6. The Morgan fingerprint density at radius 1 is 1.00 bits per heavy atom. The summed E-state index contributed by atoms with van der Waals surface area (Å²) in [5.74, 6) is 0.455. The Balaban J connectivity index is 1.31. The van der Waals surface area contributed by atoms with Gasteiger partial charge in [-0.05, 0) is 74.3 Å². The van der Waals surface area contributed by atoms with Gasteiger partial charge >= 0.3 is 0 Å². The van der Waals surface area contributed by atoms with E-state index in [1.165, 1.54) is 25.3 Å². The first-order valence-electron chi connectivity index (χ1n) is 12.5. The van der Waals surface area contributed by atoms with E-state index >= 15 is 0 Å². The zero-order chi connectivity index (χ0) is 24.5. The molecule has 7 nitrogen and oxygen atoms in total. The van der Waals surface area contributed by atoms with E-state index in [4.69, 9.17) is 19.9 Å². The van der Waals surface area contributed by atoms with Gasteiger partial charge in [-0.2, -0.15) is 0 Å². The van der Waals surface area contributed by atoms with Crippen LogP contribution in [-0.4, -0.2) is 68.1 Å². The summed E-state index contributed by atoms with van der Waals surface area (Å²) < 4.78 is 46.7. The summed E-state index contributed by atoms with van der Waals surface area (Å²) in [5.41, 5.74) is 7.45. The molecule has 3 atom stereocenters. The summed E-state index contributed by atoms with van der Waals surface area (Å²) in [7, 11) is 0. The minimum absolute atomic E-state index is 0.197. The van der Waals surface area contributed by atoms with Crippen LogP contribution in [0, 0.1) is 5.82 Å². The molecular weight excluding hydrogens is 469 g/mol. The molecule has 2 aromatic rings. The van der Waals surface area contributed by atoms with Crippen molar-refractivity contribution >= 4 is 11.4 Å². The number of nitrogens with one attached hydrogen (secondary N) is 1. The number of halogens is 1. The number of fused-ring (bicyclic) bond motifs is 1. The van der Waals surface area contributed by atoms with Crippen LogP contribution in [0.15, 0.2) is 47.4 Å². The molecule has 0 radical (unpaired) electrons. The number of likely N-dealkylation sites (tertiary alicyclic amines) is 1. The first kappa shape index (κ1) is 26.3. The Morgan fingerprint density at radius 2 is 1.74 bits per heavy atom. The Hall–Kier alpha value is -1.72. The van der Waals surface area contributed by atoms with Gasteiger partial charge < -0.3 is 24.5 Å². The lowest BCUT2D eigenvalue weighted by molar-refractivity contribution is 0.0530. The van der Waals surface area contributed by atoms with E-state index in [1.807, 2.05) is 18.2 Å². The van der Waals surface area contributed by atoms with Crippen molar-refractivity contribution in [2.24, 2.45) is 5.73 Å². The maximum Gasteiger partial charge on any atom is 0.174 e. The van der Waals surface area contributed by atoms with Crippen LogP contribution in [0.25, 0.3) is 0 Å². The molecule has 0 spiro atoms. The van der Waals surface area contributed by atoms with Crippen molar-refractivity contribution in [2.75, 3.05) is 52.6 Å². The van der Waals surface area contributed by atoms with Crippen LogP contribution < -0.4 is 15.2 Å². The SMILES string of the molecule is NCCOCCOCCN[S+]([O-])c1ccc(O[C@H]2c3cc(F)ccc3C[C@@H]2N2CCCCC2)cc1. The number of piperidine rings is 1. The summed E-state index contributed by atoms with van der Waals surface area (Å²) >= 11 is -1.35. The van der Waals surface area contributed by atoms with Crippen LogP contribution >= 0.6 is 0 Å². The van der Waals surface area contributed by atoms with Gasteiger partial charge in [-0.25, -0.2) is 4.39 Å². The lowest BCUT2D eigenvalue weighted by Gasteiger charge is -2.35. The van der Waals surface area contributed by atoms with E-state index in [0.29, 0.717) is 50.2 Å². The van der Waals surface area contributed by atoms with Crippen molar-refractivity contribution in [1.29, 1.82) is 0 Å². The molecule has 1 unspecified atom stereocenters.